The Hall–Kier alpha value is -2.96. The maximum absolute atomic E-state index is 12.6. The van der Waals surface area contributed by atoms with Crippen molar-refractivity contribution in [1.82, 2.24) is 5.32 Å². The lowest BCUT2D eigenvalue weighted by molar-refractivity contribution is -0.140. The number of nitrogens with one attached hydrogen (secondary N) is 1. The van der Waals surface area contributed by atoms with Crippen molar-refractivity contribution in [3.63, 3.8) is 0 Å². The number of carbonyl (C=O) groups excluding carboxylic acids is 2. The third kappa shape index (κ3) is 4.13. The van der Waals surface area contributed by atoms with Gasteiger partial charge in [0.1, 0.15) is 17.1 Å². The molecule has 1 unspecified atom stereocenters. The van der Waals surface area contributed by atoms with E-state index in [0.717, 1.165) is 11.3 Å². The fourth-order valence-corrected chi connectivity index (χ4v) is 3.36. The molecule has 7 heteroatoms. The van der Waals surface area contributed by atoms with Gasteiger partial charge in [0.2, 0.25) is 0 Å². The molecule has 0 saturated carbocycles. The van der Waals surface area contributed by atoms with Crippen molar-refractivity contribution in [3.05, 3.63) is 52.4 Å². The summed E-state index contributed by atoms with van der Waals surface area (Å²) < 4.78 is 14.9. The first kappa shape index (κ1) is 21.3. The van der Waals surface area contributed by atoms with Gasteiger partial charge in [-0.25, -0.2) is 9.59 Å². The molecule has 0 amide bonds. The minimum Gasteiger partial charge on any atom is -0.505 e. The van der Waals surface area contributed by atoms with E-state index in [1.165, 1.54) is 14.2 Å². The van der Waals surface area contributed by atoms with E-state index in [1.54, 1.807) is 7.11 Å². The third-order valence-corrected chi connectivity index (χ3v) is 4.96. The summed E-state index contributed by atoms with van der Waals surface area (Å²) in [5.41, 5.74) is 0.510. The Bertz CT molecular complexity index is 809. The van der Waals surface area contributed by atoms with Gasteiger partial charge in [-0.05, 0) is 43.9 Å². The Kier molecular flexibility index (Phi) is 6.72. The first-order chi connectivity index (χ1) is 13.3. The molecule has 2 rings (SSSR count). The Morgan fingerprint density at radius 2 is 1.68 bits per heavy atom. The summed E-state index contributed by atoms with van der Waals surface area (Å²) in [6, 6.07) is 7.63. The molecule has 0 spiro atoms. The van der Waals surface area contributed by atoms with E-state index in [-0.39, 0.29) is 16.9 Å². The van der Waals surface area contributed by atoms with Crippen LogP contribution in [0.25, 0.3) is 0 Å². The number of aliphatic hydroxyl groups is 1. The number of rotatable bonds is 7. The van der Waals surface area contributed by atoms with E-state index in [2.05, 4.69) is 5.32 Å². The highest BCUT2D eigenvalue weighted by molar-refractivity contribution is 6.05. The third-order valence-electron chi connectivity index (χ3n) is 4.96. The second-order valence-corrected chi connectivity index (χ2v) is 6.72. The van der Waals surface area contributed by atoms with Gasteiger partial charge >= 0.3 is 11.9 Å². The highest BCUT2D eigenvalue weighted by Gasteiger charge is 2.44. The van der Waals surface area contributed by atoms with Crippen LogP contribution in [0, 0.1) is 0 Å². The molecule has 1 heterocycles. The smallest absolute Gasteiger partial charge is 0.342 e. The number of carbonyl (C=O) groups is 2. The van der Waals surface area contributed by atoms with Crippen LogP contribution in [0.5, 0.6) is 5.75 Å². The quantitative estimate of drug-likeness (QED) is 0.693. The molecule has 1 aromatic rings. The Morgan fingerprint density at radius 1 is 1.07 bits per heavy atom. The van der Waals surface area contributed by atoms with Gasteiger partial charge in [-0.3, -0.25) is 0 Å². The van der Waals surface area contributed by atoms with E-state index in [0.29, 0.717) is 25.0 Å². The van der Waals surface area contributed by atoms with Crippen LogP contribution in [0.2, 0.25) is 0 Å². The van der Waals surface area contributed by atoms with Crippen LogP contribution >= 0.6 is 0 Å². The number of hydrogen-bond donors (Lipinski definition) is 2. The number of allylic oxidation sites excluding steroid dienone is 1. The van der Waals surface area contributed by atoms with Crippen LogP contribution in [0.4, 0.5) is 0 Å². The second kappa shape index (κ2) is 8.82. The first-order valence-electron chi connectivity index (χ1n) is 9.06. The van der Waals surface area contributed by atoms with Gasteiger partial charge in [-0.2, -0.15) is 0 Å². The molecule has 0 bridgehead atoms. The number of methoxy groups -OCH3 is 3. The first-order valence-corrected chi connectivity index (χ1v) is 9.06. The second-order valence-electron chi connectivity index (χ2n) is 6.72. The molecule has 1 aliphatic rings. The highest BCUT2D eigenvalue weighted by atomic mass is 16.5. The Balaban J connectivity index is 2.47. The van der Waals surface area contributed by atoms with Crippen molar-refractivity contribution in [1.29, 1.82) is 0 Å². The number of benzene rings is 1. The van der Waals surface area contributed by atoms with Gasteiger partial charge in [0.15, 0.2) is 0 Å². The van der Waals surface area contributed by atoms with Gasteiger partial charge in [0.05, 0.1) is 38.1 Å². The number of hydrogen-bond acceptors (Lipinski definition) is 7. The largest absolute Gasteiger partial charge is 0.505 e. The number of aryl methyl sites for hydroxylation is 1. The van der Waals surface area contributed by atoms with Crippen molar-refractivity contribution >= 4 is 11.9 Å². The van der Waals surface area contributed by atoms with Crippen LogP contribution < -0.4 is 10.1 Å². The molecule has 0 saturated heterocycles. The average molecular weight is 389 g/mol. The molecule has 1 aliphatic heterocycles. The van der Waals surface area contributed by atoms with Crippen LogP contribution in [0.15, 0.2) is 46.9 Å². The fraction of sp³-hybridized carbons (Fsp3) is 0.429. The van der Waals surface area contributed by atoms with Crippen molar-refractivity contribution < 1.29 is 28.9 Å². The predicted octanol–water partition coefficient (Wildman–Crippen LogP) is 2.81. The summed E-state index contributed by atoms with van der Waals surface area (Å²) in [5, 5.41) is 13.8. The lowest BCUT2D eigenvalue weighted by atomic mass is 9.79. The monoisotopic (exact) mass is 389 g/mol. The van der Waals surface area contributed by atoms with Crippen LogP contribution in [-0.4, -0.2) is 43.9 Å². The SMILES string of the molecule is CCC1=C(O)C(C(=O)OC)=C(C(=O)OC)C(C)(CCc2ccc(OC)cc2)N1. The molecule has 152 valence electrons. The highest BCUT2D eigenvalue weighted by Crippen LogP contribution is 2.36. The summed E-state index contributed by atoms with van der Waals surface area (Å²) in [4.78, 5) is 24.9. The van der Waals surface area contributed by atoms with Crippen molar-refractivity contribution in [3.8, 4) is 5.75 Å². The van der Waals surface area contributed by atoms with Gasteiger partial charge in [0, 0.05) is 0 Å². The summed E-state index contributed by atoms with van der Waals surface area (Å²) in [5.74, 6) is -0.987. The molecule has 2 N–H and O–H groups in total. The van der Waals surface area contributed by atoms with Crippen molar-refractivity contribution in [2.45, 2.75) is 38.6 Å². The number of dihydropyridines is 1. The zero-order chi connectivity index (χ0) is 20.9. The van der Waals surface area contributed by atoms with E-state index in [1.807, 2.05) is 38.1 Å². The number of ether oxygens (including phenoxy) is 3. The van der Waals surface area contributed by atoms with E-state index in [9.17, 15) is 14.7 Å². The lowest BCUT2D eigenvalue weighted by Crippen LogP contribution is -2.50. The molecule has 28 heavy (non-hydrogen) atoms. The Labute approximate surface area is 165 Å². The fourth-order valence-electron chi connectivity index (χ4n) is 3.36. The zero-order valence-corrected chi connectivity index (χ0v) is 16.9. The zero-order valence-electron chi connectivity index (χ0n) is 16.9. The molecular formula is C21H27NO6. The summed E-state index contributed by atoms with van der Waals surface area (Å²) in [7, 11) is 4.05. The van der Waals surface area contributed by atoms with Gasteiger partial charge < -0.3 is 24.6 Å². The number of esters is 2. The molecule has 7 nitrogen and oxygen atoms in total. The lowest BCUT2D eigenvalue weighted by Gasteiger charge is -2.39. The maximum atomic E-state index is 12.6. The summed E-state index contributed by atoms with van der Waals surface area (Å²) in [6.45, 7) is 3.66. The van der Waals surface area contributed by atoms with Gasteiger partial charge in [-0.1, -0.05) is 19.1 Å². The van der Waals surface area contributed by atoms with Gasteiger partial charge in [-0.15, -0.1) is 0 Å². The van der Waals surface area contributed by atoms with Crippen LogP contribution in [-0.2, 0) is 25.5 Å². The average Bonchev–Trinajstić information content (AvgIpc) is 2.72. The summed E-state index contributed by atoms with van der Waals surface area (Å²) in [6.07, 6.45) is 1.57. The minimum absolute atomic E-state index is 0.0602. The van der Waals surface area contributed by atoms with E-state index in [4.69, 9.17) is 14.2 Å². The topological polar surface area (TPSA) is 94.1 Å². The number of aliphatic hydroxyl groups excluding tert-OH is 1. The summed E-state index contributed by atoms with van der Waals surface area (Å²) >= 11 is 0. The molecule has 1 aromatic carbocycles. The molecule has 0 aliphatic carbocycles. The molecule has 0 aromatic heterocycles. The van der Waals surface area contributed by atoms with Crippen molar-refractivity contribution in [2.24, 2.45) is 0 Å². The van der Waals surface area contributed by atoms with Gasteiger partial charge in [0.25, 0.3) is 0 Å². The predicted molar refractivity (Wildman–Crippen MR) is 104 cm³/mol. The Morgan fingerprint density at radius 3 is 2.18 bits per heavy atom. The van der Waals surface area contributed by atoms with Crippen LogP contribution in [0.1, 0.15) is 32.3 Å². The normalized spacial score (nSPS) is 19.2. The maximum Gasteiger partial charge on any atom is 0.342 e. The minimum atomic E-state index is -0.923. The van der Waals surface area contributed by atoms with Crippen LogP contribution in [0.3, 0.4) is 0 Å². The molecule has 0 fully saturated rings. The van der Waals surface area contributed by atoms with E-state index >= 15 is 0 Å². The van der Waals surface area contributed by atoms with E-state index < -0.39 is 17.5 Å². The standard InChI is InChI=1S/C21H27NO6/c1-6-15-18(23)16(19(24)27-4)17(20(25)28-5)21(2,22-15)12-11-13-7-9-14(26-3)10-8-13/h7-10,22-23H,6,11-12H2,1-5H3. The molecule has 0 radical (unpaired) electrons. The molecule has 1 atom stereocenters. The molecular weight excluding hydrogens is 362 g/mol. The van der Waals surface area contributed by atoms with Crippen molar-refractivity contribution in [2.75, 3.05) is 21.3 Å².